The zero-order valence-electron chi connectivity index (χ0n) is 31.7. The van der Waals surface area contributed by atoms with Crippen molar-refractivity contribution in [1.29, 1.82) is 0 Å². The van der Waals surface area contributed by atoms with Gasteiger partial charge < -0.3 is 25.1 Å². The smallest absolute Gasteiger partial charge is 0.306 e. The third kappa shape index (κ3) is 10.3. The molecule has 0 spiro atoms. The molecule has 57 heavy (non-hydrogen) atoms. The first-order valence-corrected chi connectivity index (χ1v) is 19.9. The van der Waals surface area contributed by atoms with E-state index in [1.807, 2.05) is 13.0 Å². The van der Waals surface area contributed by atoms with Crippen molar-refractivity contribution in [2.24, 2.45) is 11.8 Å². The van der Waals surface area contributed by atoms with E-state index < -0.39 is 23.7 Å². The van der Waals surface area contributed by atoms with Crippen LogP contribution in [0.4, 0.5) is 29.2 Å². The molecular weight excluding hydrogens is 791 g/mol. The number of amides is 1. The standard InChI is InChI=1S/C19H22ClF2N5O.C12H14ClN5.C7H10F2O2/c1-12-11-26(18(28)13-2-5-19(21,22)6-3-13)8-9-27(12)17-15-10-23-7-4-14(15)16(20)24-25-17;1-8-6-15-4-5-18(8)12-10-7-14-3-2-9(10)11(13)16-17-12;8-7(9)3-1-5(2-4-7)6(10)11/h4,7,10,12-13H,2-3,5-6,8-9,11H2,1H3;2-3,7-8,15H,4-6H2,1H3;5H,1-4H2,(H,10,11)/t12-;8-;/m11./s1. The first-order valence-electron chi connectivity index (χ1n) is 19.2. The molecule has 0 radical (unpaired) electrons. The lowest BCUT2D eigenvalue weighted by atomic mass is 9.85. The Hall–Kier alpha value is -4.22. The average Bonchev–Trinajstić information content (AvgIpc) is 3.19. The Morgan fingerprint density at radius 2 is 1.21 bits per heavy atom. The highest BCUT2D eigenvalue weighted by Crippen LogP contribution is 2.38. The lowest BCUT2D eigenvalue weighted by Gasteiger charge is -2.42. The van der Waals surface area contributed by atoms with Gasteiger partial charge in [0, 0.05) is 129 Å². The van der Waals surface area contributed by atoms with Crippen LogP contribution in [-0.4, -0.2) is 115 Å². The number of hydrogen-bond acceptors (Lipinski definition) is 11. The number of pyridine rings is 2. The molecule has 0 unspecified atom stereocenters. The minimum Gasteiger partial charge on any atom is -0.481 e. The summed E-state index contributed by atoms with van der Waals surface area (Å²) in [5.74, 6) is -5.46. The van der Waals surface area contributed by atoms with Crippen LogP contribution in [0.25, 0.3) is 21.5 Å². The van der Waals surface area contributed by atoms with E-state index in [4.69, 9.17) is 28.3 Å². The predicted octanol–water partition coefficient (Wildman–Crippen LogP) is 6.91. The maximum Gasteiger partial charge on any atom is 0.306 e. The van der Waals surface area contributed by atoms with Crippen molar-refractivity contribution in [2.45, 2.75) is 89.1 Å². The Kier molecular flexibility index (Phi) is 13.5. The number of nitrogens with zero attached hydrogens (tertiary/aromatic N) is 9. The summed E-state index contributed by atoms with van der Waals surface area (Å²) in [4.78, 5) is 37.6. The first kappa shape index (κ1) is 42.4. The number of aliphatic carboxylic acids is 1. The van der Waals surface area contributed by atoms with Gasteiger partial charge in [-0.1, -0.05) is 23.2 Å². The Morgan fingerprint density at radius 3 is 1.68 bits per heavy atom. The van der Waals surface area contributed by atoms with Gasteiger partial charge >= 0.3 is 5.97 Å². The molecule has 2 aliphatic carbocycles. The van der Waals surface area contributed by atoms with Gasteiger partial charge in [-0.15, -0.1) is 20.4 Å². The van der Waals surface area contributed by atoms with Gasteiger partial charge in [-0.2, -0.15) is 0 Å². The number of alkyl halides is 4. The zero-order chi connectivity index (χ0) is 40.9. The van der Waals surface area contributed by atoms with Crippen LogP contribution < -0.4 is 15.1 Å². The lowest BCUT2D eigenvalue weighted by molar-refractivity contribution is -0.146. The number of carboxylic acid groups (broad SMARTS) is 1. The number of carbonyl (C=O) groups is 2. The molecule has 8 rings (SSSR count). The van der Waals surface area contributed by atoms with E-state index in [9.17, 15) is 27.2 Å². The number of hydrogen-bond donors (Lipinski definition) is 2. The van der Waals surface area contributed by atoms with Crippen LogP contribution in [0.2, 0.25) is 10.3 Å². The summed E-state index contributed by atoms with van der Waals surface area (Å²) in [6.45, 7) is 8.66. The highest BCUT2D eigenvalue weighted by molar-refractivity contribution is 6.34. The number of rotatable bonds is 4. The van der Waals surface area contributed by atoms with Crippen molar-refractivity contribution in [3.63, 3.8) is 0 Å². The molecule has 6 heterocycles. The minimum absolute atomic E-state index is 0.00397. The van der Waals surface area contributed by atoms with Crippen molar-refractivity contribution in [3.05, 3.63) is 47.2 Å². The van der Waals surface area contributed by atoms with E-state index in [0.29, 0.717) is 41.8 Å². The topological polar surface area (TPSA) is 153 Å². The molecule has 2 atom stereocenters. The van der Waals surface area contributed by atoms with Crippen LogP contribution in [0.1, 0.15) is 65.2 Å². The van der Waals surface area contributed by atoms with E-state index in [1.165, 1.54) is 0 Å². The van der Waals surface area contributed by atoms with E-state index >= 15 is 0 Å². The molecule has 2 N–H and O–H groups in total. The van der Waals surface area contributed by atoms with Crippen LogP contribution >= 0.6 is 23.2 Å². The van der Waals surface area contributed by atoms with E-state index in [1.54, 1.807) is 35.8 Å². The SMILES string of the molecule is C[C@@H]1CN(C(=O)C2CCC(F)(F)CC2)CCN1c1nnc(Cl)c2ccncc12.C[C@@H]1CNCCN1c1nnc(Cl)c2ccncc12.O=C(O)C1CCC(F)(F)CC1. The van der Waals surface area contributed by atoms with Gasteiger partial charge in [0.25, 0.3) is 0 Å². The molecule has 0 bridgehead atoms. The fourth-order valence-corrected chi connectivity index (χ4v) is 8.19. The van der Waals surface area contributed by atoms with Crippen LogP contribution in [0, 0.1) is 11.8 Å². The fraction of sp³-hybridized carbons (Fsp3) is 0.579. The van der Waals surface area contributed by atoms with E-state index in [0.717, 1.165) is 47.0 Å². The van der Waals surface area contributed by atoms with Gasteiger partial charge in [-0.05, 0) is 51.7 Å². The average molecular weight is 838 g/mol. The zero-order valence-corrected chi connectivity index (χ0v) is 33.2. The van der Waals surface area contributed by atoms with Crippen molar-refractivity contribution >= 4 is 68.3 Å². The maximum absolute atomic E-state index is 13.4. The van der Waals surface area contributed by atoms with Crippen LogP contribution in [0.15, 0.2) is 36.9 Å². The Bertz CT molecular complexity index is 2030. The summed E-state index contributed by atoms with van der Waals surface area (Å²) in [5, 5.41) is 32.7. The van der Waals surface area contributed by atoms with Gasteiger partial charge in [-0.3, -0.25) is 19.6 Å². The highest BCUT2D eigenvalue weighted by Gasteiger charge is 2.40. The second-order valence-corrected chi connectivity index (χ2v) is 15.9. The Balaban J connectivity index is 0.000000161. The largest absolute Gasteiger partial charge is 0.481 e. The van der Waals surface area contributed by atoms with Crippen molar-refractivity contribution < 1.29 is 32.3 Å². The Morgan fingerprint density at radius 1 is 0.719 bits per heavy atom. The normalized spacial score (nSPS) is 22.6. The molecule has 4 aromatic heterocycles. The molecular formula is C38H46Cl2F4N10O3. The second kappa shape index (κ2) is 18.1. The molecule has 4 aromatic rings. The molecule has 4 fully saturated rings. The number of anilines is 2. The number of fused-ring (bicyclic) bond motifs is 2. The van der Waals surface area contributed by atoms with Crippen LogP contribution in [0.3, 0.4) is 0 Å². The molecule has 0 aromatic carbocycles. The minimum atomic E-state index is -2.62. The molecule has 19 heteroatoms. The summed E-state index contributed by atoms with van der Waals surface area (Å²) in [6.07, 6.45) is 6.72. The molecule has 13 nitrogen and oxygen atoms in total. The van der Waals surface area contributed by atoms with Crippen LogP contribution in [0.5, 0.6) is 0 Å². The van der Waals surface area contributed by atoms with Crippen molar-refractivity contribution in [2.75, 3.05) is 49.1 Å². The number of halogens is 6. The first-order chi connectivity index (χ1) is 27.1. The molecule has 2 saturated heterocycles. The van der Waals surface area contributed by atoms with Crippen molar-refractivity contribution in [3.8, 4) is 0 Å². The number of piperazine rings is 2. The second-order valence-electron chi connectivity index (χ2n) is 15.1. The third-order valence-corrected chi connectivity index (χ3v) is 11.7. The van der Waals surface area contributed by atoms with Gasteiger partial charge in [-0.25, -0.2) is 17.6 Å². The summed E-state index contributed by atoms with van der Waals surface area (Å²) in [7, 11) is 0. The summed E-state index contributed by atoms with van der Waals surface area (Å²) >= 11 is 12.2. The maximum atomic E-state index is 13.4. The lowest BCUT2D eigenvalue weighted by Crippen LogP contribution is -2.55. The van der Waals surface area contributed by atoms with Gasteiger partial charge in [0.2, 0.25) is 17.8 Å². The van der Waals surface area contributed by atoms with Gasteiger partial charge in [0.1, 0.15) is 0 Å². The summed E-state index contributed by atoms with van der Waals surface area (Å²) < 4.78 is 51.7. The predicted molar refractivity (Wildman–Crippen MR) is 209 cm³/mol. The number of carbonyl (C=O) groups excluding carboxylic acids is 1. The van der Waals surface area contributed by atoms with E-state index in [2.05, 4.69) is 52.4 Å². The monoisotopic (exact) mass is 836 g/mol. The van der Waals surface area contributed by atoms with Crippen molar-refractivity contribution in [1.82, 2.24) is 40.6 Å². The Labute approximate surface area is 337 Å². The summed E-state index contributed by atoms with van der Waals surface area (Å²) in [5.41, 5.74) is 0. The molecule has 2 aliphatic heterocycles. The quantitative estimate of drug-likeness (QED) is 0.205. The highest BCUT2D eigenvalue weighted by atomic mass is 35.5. The number of carboxylic acids is 1. The number of aromatic nitrogens is 6. The number of nitrogens with one attached hydrogen (secondary N) is 1. The van der Waals surface area contributed by atoms with E-state index in [-0.39, 0.29) is 69.2 Å². The van der Waals surface area contributed by atoms with Gasteiger partial charge in [0.05, 0.1) is 5.92 Å². The fourth-order valence-electron chi connectivity index (χ4n) is 7.79. The molecule has 2 saturated carbocycles. The van der Waals surface area contributed by atoms with Gasteiger partial charge in [0.15, 0.2) is 21.9 Å². The van der Waals surface area contributed by atoms with Crippen LogP contribution in [-0.2, 0) is 9.59 Å². The molecule has 308 valence electrons. The summed E-state index contributed by atoms with van der Waals surface area (Å²) in [6, 6.07) is 4.08. The molecule has 1 amide bonds. The third-order valence-electron chi connectivity index (χ3n) is 11.2. The molecule has 4 aliphatic rings.